The summed E-state index contributed by atoms with van der Waals surface area (Å²) in [5, 5.41) is 2.14. The summed E-state index contributed by atoms with van der Waals surface area (Å²) in [6, 6.07) is 3.66. The van der Waals surface area contributed by atoms with Crippen LogP contribution in [0, 0.1) is 6.92 Å². The Balaban J connectivity index is 0.00000162. The monoisotopic (exact) mass is 341 g/mol. The van der Waals surface area contributed by atoms with E-state index in [-0.39, 0.29) is 12.4 Å². The highest BCUT2D eigenvalue weighted by Gasteiger charge is 2.47. The van der Waals surface area contributed by atoms with Gasteiger partial charge in [-0.25, -0.2) is 13.6 Å². The van der Waals surface area contributed by atoms with E-state index >= 15 is 0 Å². The number of hydrogen-bond acceptors (Lipinski definition) is 2. The van der Waals surface area contributed by atoms with Crippen molar-refractivity contribution in [2.75, 3.05) is 6.61 Å². The maximum absolute atomic E-state index is 13.6. The Labute approximate surface area is 117 Å². The summed E-state index contributed by atoms with van der Waals surface area (Å²) in [6.07, 6.45) is -0.826. The topological polar surface area (TPSA) is 38.3 Å². The number of amides is 1. The van der Waals surface area contributed by atoms with Crippen LogP contribution >= 0.6 is 28.3 Å². The van der Waals surface area contributed by atoms with Crippen LogP contribution in [0.5, 0.6) is 0 Å². The van der Waals surface area contributed by atoms with Crippen LogP contribution in [0.2, 0.25) is 0 Å². The number of alkyl carbamates (subject to hydrolysis) is 1. The summed E-state index contributed by atoms with van der Waals surface area (Å²) < 4.78 is 32.1. The minimum Gasteiger partial charge on any atom is -0.443 e. The molecule has 1 atom stereocenters. The number of aryl methyl sites for hydroxylation is 1. The molecule has 1 aromatic rings. The second-order valence-electron chi connectivity index (χ2n) is 3.94. The third kappa shape index (κ3) is 2.92. The van der Waals surface area contributed by atoms with Gasteiger partial charge in [0.05, 0.1) is 0 Å². The van der Waals surface area contributed by atoms with Crippen LogP contribution in [-0.4, -0.2) is 18.6 Å². The molecule has 1 aliphatic rings. The van der Waals surface area contributed by atoms with Crippen LogP contribution in [0.4, 0.5) is 13.6 Å². The number of hydrogen-bond donors (Lipinski definition) is 1. The quantitative estimate of drug-likeness (QED) is 0.847. The molecule has 0 saturated carbocycles. The number of carbonyl (C=O) groups excluding carboxylic acids is 1. The maximum Gasteiger partial charge on any atom is 0.408 e. The fourth-order valence-corrected chi connectivity index (χ4v) is 2.40. The van der Waals surface area contributed by atoms with Gasteiger partial charge >= 0.3 is 12.0 Å². The number of nitrogens with one attached hydrogen (secondary N) is 1. The lowest BCUT2D eigenvalue weighted by Gasteiger charge is -2.32. The van der Waals surface area contributed by atoms with E-state index in [0.29, 0.717) is 10.0 Å². The van der Waals surface area contributed by atoms with Crippen molar-refractivity contribution in [2.45, 2.75) is 18.9 Å². The van der Waals surface area contributed by atoms with Crippen molar-refractivity contribution in [3.63, 3.8) is 0 Å². The number of benzene rings is 1. The molecule has 1 saturated heterocycles. The van der Waals surface area contributed by atoms with Gasteiger partial charge in [-0.2, -0.15) is 0 Å². The largest absolute Gasteiger partial charge is 0.443 e. The Morgan fingerprint density at radius 3 is 2.78 bits per heavy atom. The zero-order valence-electron chi connectivity index (χ0n) is 9.38. The molecule has 1 amide bonds. The second kappa shape index (κ2) is 5.40. The molecule has 1 fully saturated rings. The van der Waals surface area contributed by atoms with E-state index in [4.69, 9.17) is 0 Å². The highest BCUT2D eigenvalue weighted by atomic mass is 79.9. The molecular weight excluding hydrogens is 331 g/mol. The van der Waals surface area contributed by atoms with E-state index in [1.54, 1.807) is 18.2 Å². The molecule has 2 rings (SSSR count). The number of rotatable bonds is 1. The van der Waals surface area contributed by atoms with Crippen molar-refractivity contribution in [3.05, 3.63) is 33.8 Å². The summed E-state index contributed by atoms with van der Waals surface area (Å²) in [5.41, 5.74) is 1.29. The van der Waals surface area contributed by atoms with Gasteiger partial charge in [-0.1, -0.05) is 28.1 Å². The SMILES string of the molecule is Cc1ccc([C@H]2NC(=O)OCC2(F)F)c(Br)c1.Cl. The normalized spacial score (nSPS) is 21.6. The summed E-state index contributed by atoms with van der Waals surface area (Å²) in [7, 11) is 0. The molecule has 0 bridgehead atoms. The lowest BCUT2D eigenvalue weighted by atomic mass is 9.99. The molecule has 18 heavy (non-hydrogen) atoms. The van der Waals surface area contributed by atoms with E-state index < -0.39 is 24.7 Å². The highest BCUT2D eigenvalue weighted by molar-refractivity contribution is 9.10. The van der Waals surface area contributed by atoms with Crippen LogP contribution in [0.3, 0.4) is 0 Å². The first kappa shape index (κ1) is 15.2. The standard InChI is InChI=1S/C11H10BrF2NO2.ClH/c1-6-2-3-7(8(12)4-6)9-11(13,14)5-17-10(16)15-9;/h2-4,9H,5H2,1H3,(H,15,16);1H/t9-;/m1./s1. The fraction of sp³-hybridized carbons (Fsp3) is 0.364. The van der Waals surface area contributed by atoms with Crippen LogP contribution in [-0.2, 0) is 4.74 Å². The summed E-state index contributed by atoms with van der Waals surface area (Å²) in [5.74, 6) is -3.12. The van der Waals surface area contributed by atoms with Crippen LogP contribution in [0.25, 0.3) is 0 Å². The van der Waals surface area contributed by atoms with Crippen molar-refractivity contribution in [1.29, 1.82) is 0 Å². The molecule has 100 valence electrons. The predicted octanol–water partition coefficient (Wildman–Crippen LogP) is 3.60. The number of halogens is 4. The third-order valence-corrected chi connectivity index (χ3v) is 3.23. The summed E-state index contributed by atoms with van der Waals surface area (Å²) in [6.45, 7) is 0.957. The van der Waals surface area contributed by atoms with Gasteiger partial charge in [0.2, 0.25) is 0 Å². The molecule has 1 heterocycles. The Kier molecular flexibility index (Phi) is 4.55. The molecule has 0 aromatic heterocycles. The first-order valence-corrected chi connectivity index (χ1v) is 5.76. The molecule has 3 nitrogen and oxygen atoms in total. The van der Waals surface area contributed by atoms with Crippen molar-refractivity contribution in [1.82, 2.24) is 5.32 Å². The minimum atomic E-state index is -3.12. The van der Waals surface area contributed by atoms with Crippen molar-refractivity contribution >= 4 is 34.4 Å². The zero-order valence-corrected chi connectivity index (χ0v) is 11.8. The average Bonchev–Trinajstić information content (AvgIpc) is 2.23. The molecule has 7 heteroatoms. The van der Waals surface area contributed by atoms with E-state index in [1.807, 2.05) is 6.92 Å². The van der Waals surface area contributed by atoms with Gasteiger partial charge in [-0.15, -0.1) is 12.4 Å². The molecule has 0 unspecified atom stereocenters. The van der Waals surface area contributed by atoms with Gasteiger partial charge in [-0.3, -0.25) is 0 Å². The van der Waals surface area contributed by atoms with Crippen molar-refractivity contribution in [2.24, 2.45) is 0 Å². The Morgan fingerprint density at radius 2 is 2.17 bits per heavy atom. The Morgan fingerprint density at radius 1 is 1.50 bits per heavy atom. The molecule has 1 aliphatic heterocycles. The van der Waals surface area contributed by atoms with E-state index in [2.05, 4.69) is 26.0 Å². The second-order valence-corrected chi connectivity index (χ2v) is 4.79. The minimum absolute atomic E-state index is 0. The van der Waals surface area contributed by atoms with Gasteiger partial charge < -0.3 is 10.1 Å². The Hall–Kier alpha value is -0.880. The lowest BCUT2D eigenvalue weighted by Crippen LogP contribution is -2.49. The maximum atomic E-state index is 13.6. The van der Waals surface area contributed by atoms with Crippen LogP contribution < -0.4 is 5.32 Å². The van der Waals surface area contributed by atoms with E-state index in [0.717, 1.165) is 5.56 Å². The van der Waals surface area contributed by atoms with Gasteiger partial charge in [0, 0.05) is 4.47 Å². The first-order valence-electron chi connectivity index (χ1n) is 4.97. The molecular formula is C11H11BrClF2NO2. The van der Waals surface area contributed by atoms with Gasteiger partial charge in [0.15, 0.2) is 6.61 Å². The number of cyclic esters (lactones) is 1. The van der Waals surface area contributed by atoms with E-state index in [1.165, 1.54) is 0 Å². The molecule has 0 spiro atoms. The first-order chi connectivity index (χ1) is 7.90. The number of carbonyl (C=O) groups is 1. The molecule has 0 radical (unpaired) electrons. The van der Waals surface area contributed by atoms with Crippen molar-refractivity contribution < 1.29 is 18.3 Å². The van der Waals surface area contributed by atoms with Crippen LogP contribution in [0.1, 0.15) is 17.2 Å². The third-order valence-electron chi connectivity index (χ3n) is 2.55. The Bertz CT molecular complexity index is 470. The smallest absolute Gasteiger partial charge is 0.408 e. The zero-order chi connectivity index (χ0) is 12.6. The number of alkyl halides is 2. The molecule has 1 aromatic carbocycles. The predicted molar refractivity (Wildman–Crippen MR) is 68.3 cm³/mol. The highest BCUT2D eigenvalue weighted by Crippen LogP contribution is 2.37. The molecule has 1 N–H and O–H groups in total. The number of ether oxygens (including phenoxy) is 1. The summed E-state index contributed by atoms with van der Waals surface area (Å²) >= 11 is 3.23. The lowest BCUT2D eigenvalue weighted by molar-refractivity contribution is -0.104. The van der Waals surface area contributed by atoms with E-state index in [9.17, 15) is 13.6 Å². The average molecular weight is 343 g/mol. The van der Waals surface area contributed by atoms with Crippen LogP contribution in [0.15, 0.2) is 22.7 Å². The van der Waals surface area contributed by atoms with Gasteiger partial charge in [0.1, 0.15) is 6.04 Å². The fourth-order valence-electron chi connectivity index (χ4n) is 1.68. The summed E-state index contributed by atoms with van der Waals surface area (Å²) in [4.78, 5) is 11.0. The van der Waals surface area contributed by atoms with Gasteiger partial charge in [0.25, 0.3) is 0 Å². The van der Waals surface area contributed by atoms with Crippen molar-refractivity contribution in [3.8, 4) is 0 Å². The molecule has 0 aliphatic carbocycles. The van der Waals surface area contributed by atoms with Gasteiger partial charge in [-0.05, 0) is 24.1 Å².